The van der Waals surface area contributed by atoms with Gasteiger partial charge in [-0.15, -0.1) is 10.2 Å². The van der Waals surface area contributed by atoms with Gasteiger partial charge < -0.3 is 21.1 Å². The van der Waals surface area contributed by atoms with E-state index in [0.29, 0.717) is 17.0 Å². The third-order valence-electron chi connectivity index (χ3n) is 5.52. The van der Waals surface area contributed by atoms with E-state index in [4.69, 9.17) is 10.5 Å². The van der Waals surface area contributed by atoms with Crippen molar-refractivity contribution in [3.8, 4) is 5.75 Å². The molecule has 190 valence electrons. The summed E-state index contributed by atoms with van der Waals surface area (Å²) in [6.07, 6.45) is 2.17. The van der Waals surface area contributed by atoms with Gasteiger partial charge in [0, 0.05) is 5.56 Å². The van der Waals surface area contributed by atoms with Gasteiger partial charge in [-0.2, -0.15) is 0 Å². The first-order chi connectivity index (χ1) is 18.0. The highest BCUT2D eigenvalue weighted by Gasteiger charge is 2.17. The molecule has 37 heavy (non-hydrogen) atoms. The molecule has 0 bridgehead atoms. The Hall–Kier alpha value is -4.64. The maximum atomic E-state index is 12.3. The van der Waals surface area contributed by atoms with Gasteiger partial charge in [0.15, 0.2) is 11.6 Å². The van der Waals surface area contributed by atoms with E-state index in [1.54, 1.807) is 60.7 Å². The van der Waals surface area contributed by atoms with Crippen LogP contribution in [0.2, 0.25) is 0 Å². The third kappa shape index (κ3) is 7.42. The van der Waals surface area contributed by atoms with Crippen molar-refractivity contribution in [1.29, 1.82) is 0 Å². The van der Waals surface area contributed by atoms with Crippen LogP contribution in [0, 0.1) is 0 Å². The van der Waals surface area contributed by atoms with Crippen LogP contribution in [-0.4, -0.2) is 53.8 Å². The molecule has 0 radical (unpaired) electrons. The number of esters is 1. The number of nitrogens with two attached hydrogens (primary N) is 1. The summed E-state index contributed by atoms with van der Waals surface area (Å²) in [7, 11) is 0. The topological polar surface area (TPSA) is 151 Å². The van der Waals surface area contributed by atoms with Gasteiger partial charge in [-0.1, -0.05) is 30.3 Å². The van der Waals surface area contributed by atoms with Crippen molar-refractivity contribution in [3.05, 3.63) is 72.3 Å². The number of anilines is 2. The van der Waals surface area contributed by atoms with Crippen LogP contribution < -0.4 is 21.1 Å². The number of carbonyl (C=O) groups excluding carboxylic acids is 3. The number of ether oxygens (including phenoxy) is 1. The fourth-order valence-electron chi connectivity index (χ4n) is 3.67. The Balaban J connectivity index is 1.33. The molecule has 1 aliphatic heterocycles. The van der Waals surface area contributed by atoms with Gasteiger partial charge in [0.1, 0.15) is 17.2 Å². The highest BCUT2D eigenvalue weighted by atomic mass is 16.5. The van der Waals surface area contributed by atoms with E-state index < -0.39 is 5.91 Å². The van der Waals surface area contributed by atoms with E-state index in [1.807, 2.05) is 0 Å². The maximum absolute atomic E-state index is 12.3. The number of azo groups is 1. The molecule has 4 N–H and O–H groups in total. The van der Waals surface area contributed by atoms with Crippen molar-refractivity contribution in [2.45, 2.75) is 12.8 Å². The summed E-state index contributed by atoms with van der Waals surface area (Å²) in [6, 6.07) is 18.5. The van der Waals surface area contributed by atoms with Gasteiger partial charge in [-0.05, 0) is 62.3 Å². The average Bonchev–Trinajstić information content (AvgIpc) is 3.41. The number of hydrogen-bond acceptors (Lipinski definition) is 9. The number of carbonyl (C=O) groups is 3. The Labute approximate surface area is 213 Å². The van der Waals surface area contributed by atoms with Gasteiger partial charge in [0.2, 0.25) is 5.91 Å². The number of nitrogens with zero attached hydrogens (tertiary/aromatic N) is 4. The van der Waals surface area contributed by atoms with E-state index in [1.165, 1.54) is 6.07 Å². The normalized spacial score (nSPS) is 13.4. The first-order valence-electron chi connectivity index (χ1n) is 11.8. The Bertz CT molecular complexity index is 1290. The van der Waals surface area contributed by atoms with Gasteiger partial charge >= 0.3 is 5.97 Å². The molecule has 2 amide bonds. The molecule has 2 aromatic carbocycles. The van der Waals surface area contributed by atoms with E-state index >= 15 is 0 Å². The summed E-state index contributed by atoms with van der Waals surface area (Å²) in [5.41, 5.74) is 7.08. The van der Waals surface area contributed by atoms with Crippen LogP contribution in [-0.2, 0) is 9.59 Å². The van der Waals surface area contributed by atoms with E-state index in [-0.39, 0.29) is 42.3 Å². The summed E-state index contributed by atoms with van der Waals surface area (Å²) in [5, 5.41) is 13.4. The number of hydrogen-bond donors (Lipinski definition) is 3. The molecule has 0 saturated carbocycles. The second-order valence-electron chi connectivity index (χ2n) is 8.32. The van der Waals surface area contributed by atoms with Crippen LogP contribution in [0.25, 0.3) is 0 Å². The number of nitrogen functional groups attached to an aromatic ring is 1. The minimum absolute atomic E-state index is 0.0402. The lowest BCUT2D eigenvalue weighted by Crippen LogP contribution is -2.33. The van der Waals surface area contributed by atoms with E-state index in [0.717, 1.165) is 25.9 Å². The Morgan fingerprint density at radius 1 is 0.919 bits per heavy atom. The van der Waals surface area contributed by atoms with Crippen molar-refractivity contribution in [2.24, 2.45) is 10.2 Å². The average molecular weight is 502 g/mol. The zero-order chi connectivity index (χ0) is 26.0. The summed E-state index contributed by atoms with van der Waals surface area (Å²) >= 11 is 0. The van der Waals surface area contributed by atoms with Crippen molar-refractivity contribution < 1.29 is 19.1 Å². The molecule has 11 heteroatoms. The van der Waals surface area contributed by atoms with Crippen molar-refractivity contribution in [3.63, 3.8) is 0 Å². The largest absolute Gasteiger partial charge is 0.423 e. The quantitative estimate of drug-likeness (QED) is 0.231. The van der Waals surface area contributed by atoms with Crippen LogP contribution in [0.3, 0.4) is 0 Å². The lowest BCUT2D eigenvalue weighted by Gasteiger charge is -2.13. The summed E-state index contributed by atoms with van der Waals surface area (Å²) in [6.45, 7) is 1.78. The van der Waals surface area contributed by atoms with Crippen LogP contribution in [0.1, 0.15) is 23.2 Å². The second kappa shape index (κ2) is 12.4. The molecular weight excluding hydrogens is 474 g/mol. The summed E-state index contributed by atoms with van der Waals surface area (Å²) in [4.78, 5) is 42.8. The van der Waals surface area contributed by atoms with Gasteiger partial charge in [-0.25, -0.2) is 4.98 Å². The number of rotatable bonds is 9. The Morgan fingerprint density at radius 3 is 2.38 bits per heavy atom. The van der Waals surface area contributed by atoms with Crippen LogP contribution in [0.5, 0.6) is 5.75 Å². The van der Waals surface area contributed by atoms with Crippen LogP contribution >= 0.6 is 0 Å². The molecule has 11 nitrogen and oxygen atoms in total. The summed E-state index contributed by atoms with van der Waals surface area (Å²) in [5.74, 6) is -0.643. The fraction of sp³-hybridized carbons (Fsp3) is 0.231. The molecule has 0 atom stereocenters. The highest BCUT2D eigenvalue weighted by Crippen LogP contribution is 2.30. The SMILES string of the molecule is Nc1nc(NC(=O)CNC(=O)c2ccccc2)ccc1N=Nc1ccccc1OC(=O)CN1CCCC1. The standard InChI is InChI=1S/C26H27N7O4/c27-25-20(12-13-22(30-25)29-23(34)16-28-26(36)18-8-2-1-3-9-18)32-31-19-10-4-5-11-21(19)37-24(35)17-33-14-6-7-15-33/h1-5,8-13H,6-7,14-17H2,(H,28,36)(H3,27,29,30,34). The van der Waals surface area contributed by atoms with E-state index in [9.17, 15) is 14.4 Å². The molecule has 2 heterocycles. The number of likely N-dealkylation sites (tertiary alicyclic amines) is 1. The number of para-hydroxylation sites is 1. The number of benzene rings is 2. The van der Waals surface area contributed by atoms with E-state index in [2.05, 4.69) is 30.7 Å². The Kier molecular flexibility index (Phi) is 8.50. The zero-order valence-electron chi connectivity index (χ0n) is 20.1. The molecule has 0 aliphatic carbocycles. The highest BCUT2D eigenvalue weighted by molar-refractivity contribution is 5.99. The molecule has 1 saturated heterocycles. The van der Waals surface area contributed by atoms with Crippen molar-refractivity contribution >= 4 is 40.8 Å². The van der Waals surface area contributed by atoms with Crippen molar-refractivity contribution in [2.75, 3.05) is 37.2 Å². The third-order valence-corrected chi connectivity index (χ3v) is 5.52. The number of pyridine rings is 1. The fourth-order valence-corrected chi connectivity index (χ4v) is 3.67. The first-order valence-corrected chi connectivity index (χ1v) is 11.8. The number of aromatic nitrogens is 1. The van der Waals surface area contributed by atoms with Gasteiger partial charge in [-0.3, -0.25) is 19.3 Å². The predicted octanol–water partition coefficient (Wildman–Crippen LogP) is 3.45. The number of amides is 2. The molecule has 3 aromatic rings. The van der Waals surface area contributed by atoms with Crippen molar-refractivity contribution in [1.82, 2.24) is 15.2 Å². The second-order valence-corrected chi connectivity index (χ2v) is 8.32. The lowest BCUT2D eigenvalue weighted by molar-refractivity contribution is -0.135. The first kappa shape index (κ1) is 25.5. The monoisotopic (exact) mass is 501 g/mol. The minimum Gasteiger partial charge on any atom is -0.423 e. The predicted molar refractivity (Wildman–Crippen MR) is 138 cm³/mol. The smallest absolute Gasteiger partial charge is 0.325 e. The van der Waals surface area contributed by atoms with Crippen LogP contribution in [0.15, 0.2) is 77.0 Å². The maximum Gasteiger partial charge on any atom is 0.325 e. The van der Waals surface area contributed by atoms with Gasteiger partial charge in [0.05, 0.1) is 13.1 Å². The number of nitrogens with one attached hydrogen (secondary N) is 2. The molecule has 1 fully saturated rings. The van der Waals surface area contributed by atoms with Crippen LogP contribution in [0.4, 0.5) is 23.0 Å². The lowest BCUT2D eigenvalue weighted by atomic mass is 10.2. The molecular formula is C26H27N7O4. The Morgan fingerprint density at radius 2 is 1.62 bits per heavy atom. The molecule has 1 aromatic heterocycles. The molecule has 1 aliphatic rings. The zero-order valence-corrected chi connectivity index (χ0v) is 20.1. The molecule has 0 spiro atoms. The van der Waals surface area contributed by atoms with Gasteiger partial charge in [0.25, 0.3) is 5.91 Å². The summed E-state index contributed by atoms with van der Waals surface area (Å²) < 4.78 is 5.50. The molecule has 4 rings (SSSR count). The minimum atomic E-state index is -0.463. The molecule has 0 unspecified atom stereocenters.